The van der Waals surface area contributed by atoms with Crippen molar-refractivity contribution < 1.29 is 18.0 Å². The van der Waals surface area contributed by atoms with Gasteiger partial charge in [-0.2, -0.15) is 13.2 Å². The van der Waals surface area contributed by atoms with E-state index in [1.165, 1.54) is 0 Å². The molecule has 3 heterocycles. The van der Waals surface area contributed by atoms with E-state index in [0.29, 0.717) is 30.2 Å². The lowest BCUT2D eigenvalue weighted by Crippen LogP contribution is -2.44. The second-order valence-corrected chi connectivity index (χ2v) is 9.30. The van der Waals surface area contributed by atoms with Crippen LogP contribution in [-0.4, -0.2) is 64.0 Å². The van der Waals surface area contributed by atoms with E-state index in [1.54, 1.807) is 53.6 Å². The number of hydrogen-bond donors (Lipinski definition) is 1. The maximum atomic E-state index is 13.7. The molecule has 11 heteroatoms. The van der Waals surface area contributed by atoms with Gasteiger partial charge in [0.05, 0.1) is 17.4 Å². The van der Waals surface area contributed by atoms with Crippen molar-refractivity contribution in [2.75, 3.05) is 43.4 Å². The number of piperazine rings is 1. The summed E-state index contributed by atoms with van der Waals surface area (Å²) in [7, 11) is 1.98. The number of carbonyl (C=O) groups excluding carboxylic acids is 1. The first kappa shape index (κ1) is 25.4. The first-order valence-electron chi connectivity index (χ1n) is 12.1. The number of pyridine rings is 1. The topological polar surface area (TPSA) is 79.2 Å². The van der Waals surface area contributed by atoms with E-state index >= 15 is 0 Å². The number of aryl methyl sites for hydroxylation is 1. The Kier molecular flexibility index (Phi) is 6.85. The van der Waals surface area contributed by atoms with E-state index in [9.17, 15) is 18.0 Å². The van der Waals surface area contributed by atoms with Gasteiger partial charge in [-0.05, 0) is 62.0 Å². The largest absolute Gasteiger partial charge is 0.416 e. The highest BCUT2D eigenvalue weighted by Crippen LogP contribution is 2.35. The van der Waals surface area contributed by atoms with Gasteiger partial charge in [-0.15, -0.1) is 5.10 Å². The molecule has 1 amide bonds. The number of halogens is 3. The molecule has 0 bridgehead atoms. The monoisotopic (exact) mass is 521 g/mol. The number of rotatable bonds is 5. The molecule has 1 aliphatic rings. The lowest BCUT2D eigenvalue weighted by molar-refractivity contribution is -0.137. The van der Waals surface area contributed by atoms with Crippen LogP contribution in [0.5, 0.6) is 0 Å². The number of anilines is 2. The van der Waals surface area contributed by atoms with Gasteiger partial charge < -0.3 is 15.1 Å². The van der Waals surface area contributed by atoms with Crippen molar-refractivity contribution in [1.82, 2.24) is 24.9 Å². The van der Waals surface area contributed by atoms with Gasteiger partial charge in [0.15, 0.2) is 0 Å². The summed E-state index contributed by atoms with van der Waals surface area (Å²) in [5, 5.41) is 11.0. The van der Waals surface area contributed by atoms with Crippen LogP contribution in [0, 0.1) is 6.92 Å². The summed E-state index contributed by atoms with van der Waals surface area (Å²) in [6.07, 6.45) is 0.531. The molecule has 196 valence electrons. The molecule has 0 unspecified atom stereocenters. The van der Waals surface area contributed by atoms with Crippen molar-refractivity contribution in [2.45, 2.75) is 13.1 Å². The molecule has 2 aromatic heterocycles. The molecular formula is C27H26F3N7O. The molecule has 0 aliphatic carbocycles. The van der Waals surface area contributed by atoms with E-state index in [2.05, 4.69) is 25.5 Å². The maximum Gasteiger partial charge on any atom is 0.416 e. The molecule has 1 saturated heterocycles. The molecule has 2 aromatic carbocycles. The summed E-state index contributed by atoms with van der Waals surface area (Å²) in [4.78, 5) is 21.3. The van der Waals surface area contributed by atoms with Crippen molar-refractivity contribution in [3.63, 3.8) is 0 Å². The van der Waals surface area contributed by atoms with Gasteiger partial charge in [0.25, 0.3) is 5.91 Å². The predicted molar refractivity (Wildman–Crippen MR) is 138 cm³/mol. The van der Waals surface area contributed by atoms with Gasteiger partial charge in [-0.3, -0.25) is 9.78 Å². The lowest BCUT2D eigenvalue weighted by atomic mass is 10.1. The molecule has 5 rings (SSSR count). The Labute approximate surface area is 217 Å². The van der Waals surface area contributed by atoms with Crippen LogP contribution >= 0.6 is 0 Å². The highest BCUT2D eigenvalue weighted by Gasteiger charge is 2.32. The lowest BCUT2D eigenvalue weighted by Gasteiger charge is -2.34. The van der Waals surface area contributed by atoms with E-state index in [-0.39, 0.29) is 11.3 Å². The van der Waals surface area contributed by atoms with Crippen LogP contribution in [0.1, 0.15) is 21.5 Å². The van der Waals surface area contributed by atoms with Crippen LogP contribution < -0.4 is 10.2 Å². The van der Waals surface area contributed by atoms with Gasteiger partial charge in [0.1, 0.15) is 5.69 Å². The highest BCUT2D eigenvalue weighted by atomic mass is 19.4. The minimum Gasteiger partial charge on any atom is -0.369 e. The first-order valence-corrected chi connectivity index (χ1v) is 12.1. The summed E-state index contributed by atoms with van der Waals surface area (Å²) in [6.45, 7) is 4.57. The molecule has 0 radical (unpaired) electrons. The van der Waals surface area contributed by atoms with E-state index in [0.717, 1.165) is 36.3 Å². The third-order valence-electron chi connectivity index (χ3n) is 6.54. The molecule has 1 N–H and O–H groups in total. The van der Waals surface area contributed by atoms with Crippen LogP contribution in [0.2, 0.25) is 0 Å². The zero-order chi connectivity index (χ0) is 26.9. The summed E-state index contributed by atoms with van der Waals surface area (Å²) in [5.74, 6) is -0.525. The predicted octanol–water partition coefficient (Wildman–Crippen LogP) is 4.66. The van der Waals surface area contributed by atoms with E-state index < -0.39 is 17.6 Å². The van der Waals surface area contributed by atoms with Crippen molar-refractivity contribution in [3.05, 3.63) is 83.8 Å². The van der Waals surface area contributed by atoms with Gasteiger partial charge in [0.2, 0.25) is 0 Å². The molecule has 1 aliphatic heterocycles. The van der Waals surface area contributed by atoms with Crippen molar-refractivity contribution in [2.24, 2.45) is 0 Å². The molecule has 0 saturated carbocycles. The zero-order valence-corrected chi connectivity index (χ0v) is 20.9. The van der Waals surface area contributed by atoms with Crippen molar-refractivity contribution in [1.29, 1.82) is 0 Å². The Morgan fingerprint density at radius 1 is 1.03 bits per heavy atom. The first-order chi connectivity index (χ1) is 18.2. The number of amides is 1. The molecule has 0 atom stereocenters. The standard InChI is InChI=1S/C27H26F3N7O/c1-18-5-6-19(12-25(18)37-17-24(33-34-37)20-4-3-7-31-16-20)26(38)32-22-13-21(27(28,29)30)14-23(15-22)36-10-8-35(2)9-11-36/h3-7,12-17H,8-11H2,1-2H3,(H,32,38). The quantitative estimate of drug-likeness (QED) is 0.412. The third-order valence-corrected chi connectivity index (χ3v) is 6.54. The van der Waals surface area contributed by atoms with Crippen LogP contribution in [-0.2, 0) is 6.18 Å². The summed E-state index contributed by atoms with van der Waals surface area (Å²) < 4.78 is 42.6. The number of hydrogen-bond acceptors (Lipinski definition) is 6. The minimum atomic E-state index is -4.54. The van der Waals surface area contributed by atoms with Gasteiger partial charge in [-0.25, -0.2) is 4.68 Å². The minimum absolute atomic E-state index is 0.0838. The Morgan fingerprint density at radius 3 is 2.53 bits per heavy atom. The van der Waals surface area contributed by atoms with Crippen LogP contribution in [0.25, 0.3) is 16.9 Å². The zero-order valence-electron chi connectivity index (χ0n) is 20.9. The average molecular weight is 522 g/mol. The Hall–Kier alpha value is -4.25. The molecule has 0 spiro atoms. The summed E-state index contributed by atoms with van der Waals surface area (Å²) in [6, 6.07) is 12.4. The normalized spacial score (nSPS) is 14.5. The fourth-order valence-corrected chi connectivity index (χ4v) is 4.32. The third kappa shape index (κ3) is 5.52. The maximum absolute atomic E-state index is 13.7. The van der Waals surface area contributed by atoms with Crippen molar-refractivity contribution >= 4 is 17.3 Å². The Bertz CT molecular complexity index is 1440. The van der Waals surface area contributed by atoms with Gasteiger partial charge in [0, 0.05) is 61.1 Å². The number of nitrogens with zero attached hydrogens (tertiary/aromatic N) is 6. The van der Waals surface area contributed by atoms with Crippen molar-refractivity contribution in [3.8, 4) is 16.9 Å². The molecule has 1 fully saturated rings. The number of likely N-dealkylation sites (N-methyl/N-ethyl adjacent to an activating group) is 1. The van der Waals surface area contributed by atoms with E-state index in [1.807, 2.05) is 24.9 Å². The van der Waals surface area contributed by atoms with Crippen LogP contribution in [0.4, 0.5) is 24.5 Å². The number of nitrogens with one attached hydrogen (secondary N) is 1. The second kappa shape index (κ2) is 10.3. The summed E-state index contributed by atoms with van der Waals surface area (Å²) in [5.41, 5.74) is 2.88. The molecule has 4 aromatic rings. The second-order valence-electron chi connectivity index (χ2n) is 9.30. The fraction of sp³-hybridized carbons (Fsp3) is 0.259. The SMILES string of the molecule is Cc1ccc(C(=O)Nc2cc(N3CCN(C)CC3)cc(C(F)(F)F)c2)cc1-n1cc(-c2cccnc2)nn1. The number of benzene rings is 2. The molecule has 38 heavy (non-hydrogen) atoms. The summed E-state index contributed by atoms with van der Waals surface area (Å²) >= 11 is 0. The van der Waals surface area contributed by atoms with E-state index in [4.69, 9.17) is 0 Å². The number of alkyl halides is 3. The molecular weight excluding hydrogens is 495 g/mol. The highest BCUT2D eigenvalue weighted by molar-refractivity contribution is 6.05. The Morgan fingerprint density at radius 2 is 1.82 bits per heavy atom. The fourth-order valence-electron chi connectivity index (χ4n) is 4.32. The number of aromatic nitrogens is 4. The van der Waals surface area contributed by atoms with Crippen LogP contribution in [0.3, 0.4) is 0 Å². The Balaban J connectivity index is 1.41. The average Bonchev–Trinajstić information content (AvgIpc) is 3.39. The smallest absolute Gasteiger partial charge is 0.369 e. The van der Waals surface area contributed by atoms with Gasteiger partial charge >= 0.3 is 6.18 Å². The molecule has 8 nitrogen and oxygen atoms in total. The van der Waals surface area contributed by atoms with Gasteiger partial charge in [-0.1, -0.05) is 11.3 Å². The van der Waals surface area contributed by atoms with Crippen LogP contribution in [0.15, 0.2) is 67.1 Å². The number of carbonyl (C=O) groups is 1.